The maximum absolute atomic E-state index is 3.49. The third kappa shape index (κ3) is 15.4. The van der Waals surface area contributed by atoms with Gasteiger partial charge in [-0.3, -0.25) is 0 Å². The van der Waals surface area contributed by atoms with Gasteiger partial charge < -0.3 is 19.2 Å². The van der Waals surface area contributed by atoms with Crippen LogP contribution in [0, 0.1) is 0 Å². The molecule has 0 aliphatic rings. The van der Waals surface area contributed by atoms with Crippen LogP contribution >= 0.6 is 0 Å². The van der Waals surface area contributed by atoms with E-state index in [9.17, 15) is 0 Å². The predicted octanol–water partition coefficient (Wildman–Crippen LogP) is -0.476. The fourth-order valence-electron chi connectivity index (χ4n) is 0. The van der Waals surface area contributed by atoms with Crippen LogP contribution in [0.1, 0.15) is 1.43 Å². The van der Waals surface area contributed by atoms with E-state index in [1.165, 1.54) is 0 Å². The van der Waals surface area contributed by atoms with Gasteiger partial charge in [-0.25, -0.2) is 0 Å². The molecule has 3 N–H and O–H groups in total. The molecule has 0 rings (SSSR count). The fraction of sp³-hybridized carbons (Fsp3) is 0.333. The van der Waals surface area contributed by atoms with E-state index in [0.29, 0.717) is 0 Å². The van der Waals surface area contributed by atoms with Crippen LogP contribution in [0.25, 0.3) is 0 Å². The molecule has 0 aliphatic carbocycles. The quantitative estimate of drug-likeness (QED) is 0.422. The molecule has 5 heavy (non-hydrogen) atoms. The van der Waals surface area contributed by atoms with Crippen LogP contribution in [-0.4, -0.2) is 6.54 Å². The lowest BCUT2D eigenvalue weighted by atomic mass is 10.7. The first-order chi connectivity index (χ1) is 1.91. The molecule has 0 heterocycles. The van der Waals surface area contributed by atoms with Crippen LogP contribution in [0.3, 0.4) is 0 Å². The summed E-state index contributed by atoms with van der Waals surface area (Å²) in [4.78, 5) is 0. The Morgan fingerprint density at radius 3 is 2.20 bits per heavy atom. The monoisotopic (exact) mass is 91.0 g/mol. The molecule has 2 heteroatoms. The zero-order chi connectivity index (χ0) is 3.41. The zero-order valence-corrected chi connectivity index (χ0v) is 3.92. The topological polar surface area (TPSA) is 27.6 Å². The largest absolute Gasteiger partial charge is 2.00 e. The Morgan fingerprint density at radius 1 is 2.00 bits per heavy atom. The van der Waals surface area contributed by atoms with Crippen molar-refractivity contribution in [2.24, 2.45) is 0 Å². The third-order valence-corrected chi connectivity index (χ3v) is 0.204. The molecule has 0 atom stereocenters. The maximum Gasteiger partial charge on any atom is 1.00 e. The van der Waals surface area contributed by atoms with Gasteiger partial charge in [0.15, 0.2) is 0 Å². The molecule has 32 valence electrons. The summed E-state index contributed by atoms with van der Waals surface area (Å²) >= 11 is 0. The van der Waals surface area contributed by atoms with Crippen molar-refractivity contribution in [1.82, 2.24) is 0 Å². The molecule has 0 bridgehead atoms. The van der Waals surface area contributed by atoms with Crippen LogP contribution in [0.2, 0.25) is 0 Å². The lowest BCUT2D eigenvalue weighted by Gasteiger charge is -2.00. The van der Waals surface area contributed by atoms with E-state index in [1.807, 2.05) is 0 Å². The first kappa shape index (κ1) is 8.90. The van der Waals surface area contributed by atoms with Crippen molar-refractivity contribution < 1.29 is 7.16 Å². The van der Waals surface area contributed by atoms with E-state index in [4.69, 9.17) is 0 Å². The molecule has 0 unspecified atom stereocenters. The fourth-order valence-corrected chi connectivity index (χ4v) is 0. The van der Waals surface area contributed by atoms with Gasteiger partial charge in [-0.15, -0.1) is 0 Å². The van der Waals surface area contributed by atoms with Gasteiger partial charge in [-0.1, -0.05) is 6.58 Å². The molecule has 0 aliphatic heterocycles. The summed E-state index contributed by atoms with van der Waals surface area (Å²) in [6.45, 7) is 4.25. The minimum absolute atomic E-state index is 0. The van der Waals surface area contributed by atoms with E-state index >= 15 is 0 Å². The Labute approximate surface area is 40.8 Å². The highest BCUT2D eigenvalue weighted by Crippen LogP contribution is 1.36. The minimum atomic E-state index is 0. The molecular formula is C3H9NS. The van der Waals surface area contributed by atoms with E-state index in [0.717, 1.165) is 6.54 Å². The number of rotatable bonds is 1. The second kappa shape index (κ2) is 8.96. The summed E-state index contributed by atoms with van der Waals surface area (Å²) in [5, 5.41) is 0. The highest BCUT2D eigenvalue weighted by Gasteiger charge is 1.48. The first-order valence-electron chi connectivity index (χ1n) is 1.32. The summed E-state index contributed by atoms with van der Waals surface area (Å²) < 4.78 is 0. The minimum Gasteiger partial charge on any atom is -2.00 e. The molecule has 1 nitrogen and oxygen atoms in total. The van der Waals surface area contributed by atoms with Crippen LogP contribution in [0.15, 0.2) is 12.7 Å². The van der Waals surface area contributed by atoms with Gasteiger partial charge in [0.1, 0.15) is 0 Å². The Balaban J connectivity index is -0.0000000450. The van der Waals surface area contributed by atoms with Crippen LogP contribution in [0.5, 0.6) is 0 Å². The zero-order valence-electron chi connectivity index (χ0n) is 4.11. The Kier molecular flexibility index (Phi) is 16.0. The summed E-state index contributed by atoms with van der Waals surface area (Å²) in [5.41, 5.74) is 3.49. The molecule has 0 radical (unpaired) electrons. The third-order valence-electron chi connectivity index (χ3n) is 0.204. The first-order valence-corrected chi connectivity index (χ1v) is 1.32. The van der Waals surface area contributed by atoms with Crippen molar-refractivity contribution in [3.63, 3.8) is 0 Å². The predicted molar refractivity (Wildman–Crippen MR) is 26.4 cm³/mol. The standard InChI is InChI=1S/C3H7N.S/c1-2-3-4;/h2H,1,3-4H2;/q;-2/p+2. The molecule has 0 saturated heterocycles. The molecule has 0 amide bonds. The number of hydrogen-bond acceptors (Lipinski definition) is 0. The van der Waals surface area contributed by atoms with Crippen molar-refractivity contribution in [3.05, 3.63) is 12.7 Å². The van der Waals surface area contributed by atoms with Crippen LogP contribution in [0.4, 0.5) is 0 Å². The van der Waals surface area contributed by atoms with Gasteiger partial charge in [0.05, 0.1) is 6.54 Å². The van der Waals surface area contributed by atoms with E-state index < -0.39 is 0 Å². The van der Waals surface area contributed by atoms with Crippen LogP contribution in [-0.2, 0) is 13.5 Å². The van der Waals surface area contributed by atoms with Gasteiger partial charge in [0.2, 0.25) is 0 Å². The van der Waals surface area contributed by atoms with Crippen molar-refractivity contribution in [1.29, 1.82) is 0 Å². The Morgan fingerprint density at radius 2 is 2.20 bits per heavy atom. The second-order valence-corrected chi connectivity index (χ2v) is 0.577. The molecule has 0 spiro atoms. The lowest BCUT2D eigenvalue weighted by molar-refractivity contribution is -0.352. The summed E-state index contributed by atoms with van der Waals surface area (Å²) in [6.07, 6.45) is 1.76. The van der Waals surface area contributed by atoms with Crippen molar-refractivity contribution in [3.8, 4) is 0 Å². The van der Waals surface area contributed by atoms with Gasteiger partial charge in [-0.2, -0.15) is 0 Å². The Bertz CT molecular complexity index is 24.8. The Hall–Kier alpha value is 0.0500. The summed E-state index contributed by atoms with van der Waals surface area (Å²) in [6, 6.07) is 0. The number of hydrogen-bond donors (Lipinski definition) is 1. The van der Waals surface area contributed by atoms with Crippen LogP contribution < -0.4 is 5.73 Å². The van der Waals surface area contributed by atoms with Crippen molar-refractivity contribution in [2.45, 2.75) is 0 Å². The summed E-state index contributed by atoms with van der Waals surface area (Å²) in [5.74, 6) is 0. The smallest absolute Gasteiger partial charge is 1.00 e. The molecular weight excluding hydrogens is 82.1 g/mol. The van der Waals surface area contributed by atoms with Crippen molar-refractivity contribution >= 4 is 13.5 Å². The van der Waals surface area contributed by atoms with E-state index in [2.05, 4.69) is 12.3 Å². The second-order valence-electron chi connectivity index (χ2n) is 0.577. The SMILES string of the molecule is C=CC[NH3+].[H+].[S-2]. The van der Waals surface area contributed by atoms with Gasteiger partial charge in [-0.05, 0) is 6.08 Å². The summed E-state index contributed by atoms with van der Waals surface area (Å²) in [7, 11) is 0. The lowest BCUT2D eigenvalue weighted by Crippen LogP contribution is -2.48. The number of quaternary nitrogens is 1. The van der Waals surface area contributed by atoms with E-state index in [-0.39, 0.29) is 14.9 Å². The molecule has 0 aromatic carbocycles. The average molecular weight is 91.2 g/mol. The van der Waals surface area contributed by atoms with E-state index in [1.54, 1.807) is 6.08 Å². The molecule has 0 aromatic heterocycles. The van der Waals surface area contributed by atoms with Gasteiger partial charge >= 0.3 is 1.43 Å². The molecule has 0 aromatic rings. The van der Waals surface area contributed by atoms with Gasteiger partial charge in [0.25, 0.3) is 0 Å². The highest BCUT2D eigenvalue weighted by atomic mass is 32.1. The normalized spacial score (nSPS) is 5.00. The maximum atomic E-state index is 3.49. The highest BCUT2D eigenvalue weighted by molar-refractivity contribution is 7.37. The van der Waals surface area contributed by atoms with Gasteiger partial charge in [0, 0.05) is 0 Å². The van der Waals surface area contributed by atoms with Crippen molar-refractivity contribution in [2.75, 3.05) is 6.54 Å². The molecule has 0 fully saturated rings. The average Bonchev–Trinajstić information content (AvgIpc) is 1.37. The molecule has 0 saturated carbocycles.